The molecule has 0 aliphatic rings. The summed E-state index contributed by atoms with van der Waals surface area (Å²) in [4.78, 5) is 13.9. The predicted molar refractivity (Wildman–Crippen MR) is 96.1 cm³/mol. The molecule has 0 saturated heterocycles. The monoisotopic (exact) mass is 328 g/mol. The van der Waals surface area contributed by atoms with Crippen LogP contribution in [0.1, 0.15) is 11.1 Å². The lowest BCUT2D eigenvalue weighted by atomic mass is 10.1. The average Bonchev–Trinajstić information content (AvgIpc) is 2.59. The first-order chi connectivity index (χ1) is 11.5. The molecular formula is C19H24N2O3. The molecule has 5 heteroatoms. The first-order valence-electron chi connectivity index (χ1n) is 7.83. The summed E-state index contributed by atoms with van der Waals surface area (Å²) in [6, 6.07) is 13.4. The van der Waals surface area contributed by atoms with Crippen molar-refractivity contribution in [3.8, 4) is 11.5 Å². The minimum Gasteiger partial charge on any atom is -0.493 e. The summed E-state index contributed by atoms with van der Waals surface area (Å²) >= 11 is 0. The zero-order chi connectivity index (χ0) is 17.5. The van der Waals surface area contributed by atoms with Crippen molar-refractivity contribution in [3.63, 3.8) is 0 Å². The molecule has 0 spiro atoms. The molecule has 0 fully saturated rings. The normalized spacial score (nSPS) is 10.2. The molecule has 2 amide bonds. The highest BCUT2D eigenvalue weighted by Crippen LogP contribution is 2.27. The predicted octanol–water partition coefficient (Wildman–Crippen LogP) is 3.72. The van der Waals surface area contributed by atoms with Crippen molar-refractivity contribution < 1.29 is 14.3 Å². The Hall–Kier alpha value is -2.69. The summed E-state index contributed by atoms with van der Waals surface area (Å²) in [7, 11) is 5.01. The number of ether oxygens (including phenoxy) is 2. The van der Waals surface area contributed by atoms with E-state index in [-0.39, 0.29) is 6.03 Å². The lowest BCUT2D eigenvalue weighted by molar-refractivity contribution is 0.223. The number of hydrogen-bond donors (Lipinski definition) is 1. The van der Waals surface area contributed by atoms with Crippen molar-refractivity contribution in [3.05, 3.63) is 53.6 Å². The quantitative estimate of drug-likeness (QED) is 0.879. The molecule has 2 rings (SSSR count). The van der Waals surface area contributed by atoms with Crippen molar-refractivity contribution in [2.45, 2.75) is 13.3 Å². The minimum absolute atomic E-state index is 0.124. The highest BCUT2D eigenvalue weighted by Gasteiger charge is 2.10. The summed E-state index contributed by atoms with van der Waals surface area (Å²) in [5.74, 6) is 1.40. The number of benzene rings is 2. The number of hydrogen-bond acceptors (Lipinski definition) is 3. The Balaban J connectivity index is 1.92. The Labute approximate surface area is 143 Å². The van der Waals surface area contributed by atoms with E-state index in [1.807, 2.05) is 49.4 Å². The number of methoxy groups -OCH3 is 2. The van der Waals surface area contributed by atoms with Crippen LogP contribution in [-0.4, -0.2) is 38.7 Å². The molecule has 0 saturated carbocycles. The number of rotatable bonds is 6. The highest BCUT2D eigenvalue weighted by atomic mass is 16.5. The van der Waals surface area contributed by atoms with Crippen molar-refractivity contribution in [1.82, 2.24) is 4.90 Å². The van der Waals surface area contributed by atoms with Gasteiger partial charge in [-0.3, -0.25) is 0 Å². The van der Waals surface area contributed by atoms with Crippen LogP contribution in [0.2, 0.25) is 0 Å². The number of likely N-dealkylation sites (N-methyl/N-ethyl adjacent to an activating group) is 1. The van der Waals surface area contributed by atoms with Crippen LogP contribution in [0.25, 0.3) is 0 Å². The SMILES string of the molecule is COc1ccc(CCN(C)C(=O)Nc2cccc(C)c2)cc1OC. The van der Waals surface area contributed by atoms with Gasteiger partial charge in [0.05, 0.1) is 14.2 Å². The Bertz CT molecular complexity index is 701. The van der Waals surface area contributed by atoms with Crippen LogP contribution < -0.4 is 14.8 Å². The van der Waals surface area contributed by atoms with Gasteiger partial charge < -0.3 is 19.7 Å². The summed E-state index contributed by atoms with van der Waals surface area (Å²) in [5, 5.41) is 2.90. The number of carbonyl (C=O) groups is 1. The van der Waals surface area contributed by atoms with E-state index >= 15 is 0 Å². The molecule has 0 atom stereocenters. The molecule has 24 heavy (non-hydrogen) atoms. The molecule has 0 aromatic heterocycles. The highest BCUT2D eigenvalue weighted by molar-refractivity contribution is 5.89. The summed E-state index contributed by atoms with van der Waals surface area (Å²) in [6.45, 7) is 2.60. The fourth-order valence-corrected chi connectivity index (χ4v) is 2.38. The molecule has 0 unspecified atom stereocenters. The standard InChI is InChI=1S/C19H24N2O3/c1-14-6-5-7-16(12-14)20-19(22)21(2)11-10-15-8-9-17(23-3)18(13-15)24-4/h5-9,12-13H,10-11H2,1-4H3,(H,20,22). The Morgan fingerprint density at radius 2 is 1.83 bits per heavy atom. The van der Waals surface area contributed by atoms with Crippen LogP contribution >= 0.6 is 0 Å². The number of nitrogens with zero attached hydrogens (tertiary/aromatic N) is 1. The molecule has 5 nitrogen and oxygen atoms in total. The average molecular weight is 328 g/mol. The van der Waals surface area contributed by atoms with E-state index in [4.69, 9.17) is 9.47 Å². The third kappa shape index (κ3) is 4.65. The van der Waals surface area contributed by atoms with Gasteiger partial charge in [0.15, 0.2) is 11.5 Å². The molecule has 0 heterocycles. The van der Waals surface area contributed by atoms with Crippen molar-refractivity contribution in [1.29, 1.82) is 0 Å². The van der Waals surface area contributed by atoms with Gasteiger partial charge in [0.1, 0.15) is 0 Å². The van der Waals surface area contributed by atoms with Crippen LogP contribution in [0.4, 0.5) is 10.5 Å². The second kappa shape index (κ2) is 8.24. The second-order valence-corrected chi connectivity index (χ2v) is 5.66. The van der Waals surface area contributed by atoms with Crippen LogP contribution in [0.15, 0.2) is 42.5 Å². The number of carbonyl (C=O) groups excluding carboxylic acids is 1. The molecular weight excluding hydrogens is 304 g/mol. The number of amides is 2. The summed E-state index contributed by atoms with van der Waals surface area (Å²) < 4.78 is 10.5. The largest absolute Gasteiger partial charge is 0.493 e. The number of aryl methyl sites for hydroxylation is 1. The lowest BCUT2D eigenvalue weighted by Gasteiger charge is -2.18. The van der Waals surface area contributed by atoms with Gasteiger partial charge in [-0.2, -0.15) is 0 Å². The fourth-order valence-electron chi connectivity index (χ4n) is 2.38. The van der Waals surface area contributed by atoms with E-state index in [2.05, 4.69) is 5.32 Å². The van der Waals surface area contributed by atoms with Gasteiger partial charge in [0.25, 0.3) is 0 Å². The van der Waals surface area contributed by atoms with Gasteiger partial charge in [-0.25, -0.2) is 4.79 Å². The molecule has 128 valence electrons. The van der Waals surface area contributed by atoms with Gasteiger partial charge >= 0.3 is 6.03 Å². The fraction of sp³-hybridized carbons (Fsp3) is 0.316. The van der Waals surface area contributed by atoms with Crippen LogP contribution in [0.5, 0.6) is 11.5 Å². The third-order valence-corrected chi connectivity index (χ3v) is 3.80. The van der Waals surface area contributed by atoms with Gasteiger partial charge in [-0.1, -0.05) is 18.2 Å². The van der Waals surface area contributed by atoms with E-state index < -0.39 is 0 Å². The van der Waals surface area contributed by atoms with Gasteiger partial charge in [-0.05, 0) is 48.7 Å². The smallest absolute Gasteiger partial charge is 0.321 e. The molecule has 0 bridgehead atoms. The molecule has 1 N–H and O–H groups in total. The summed E-state index contributed by atoms with van der Waals surface area (Å²) in [5.41, 5.74) is 3.00. The van der Waals surface area contributed by atoms with Gasteiger partial charge in [-0.15, -0.1) is 0 Å². The Morgan fingerprint density at radius 3 is 2.50 bits per heavy atom. The molecule has 2 aromatic rings. The summed E-state index contributed by atoms with van der Waals surface area (Å²) in [6.07, 6.45) is 0.734. The first kappa shape index (κ1) is 17.7. The molecule has 0 aliphatic carbocycles. The van der Waals surface area contributed by atoms with E-state index in [9.17, 15) is 4.79 Å². The molecule has 0 radical (unpaired) electrons. The van der Waals surface area contributed by atoms with Crippen LogP contribution in [0, 0.1) is 6.92 Å². The number of urea groups is 1. The van der Waals surface area contributed by atoms with Crippen molar-refractivity contribution in [2.75, 3.05) is 33.1 Å². The number of anilines is 1. The maximum atomic E-state index is 12.2. The zero-order valence-electron chi connectivity index (χ0n) is 14.6. The van der Waals surface area contributed by atoms with Crippen molar-refractivity contribution >= 4 is 11.7 Å². The van der Waals surface area contributed by atoms with Crippen LogP contribution in [-0.2, 0) is 6.42 Å². The van der Waals surface area contributed by atoms with E-state index in [0.29, 0.717) is 18.0 Å². The van der Waals surface area contributed by atoms with Gasteiger partial charge in [0, 0.05) is 19.3 Å². The maximum Gasteiger partial charge on any atom is 0.321 e. The number of nitrogens with one attached hydrogen (secondary N) is 1. The third-order valence-electron chi connectivity index (χ3n) is 3.80. The Morgan fingerprint density at radius 1 is 1.08 bits per heavy atom. The maximum absolute atomic E-state index is 12.2. The first-order valence-corrected chi connectivity index (χ1v) is 7.83. The van der Waals surface area contributed by atoms with Crippen molar-refractivity contribution in [2.24, 2.45) is 0 Å². The van der Waals surface area contributed by atoms with E-state index in [1.165, 1.54) is 0 Å². The van der Waals surface area contributed by atoms with Gasteiger partial charge in [0.2, 0.25) is 0 Å². The van der Waals surface area contributed by atoms with E-state index in [1.54, 1.807) is 26.2 Å². The lowest BCUT2D eigenvalue weighted by Crippen LogP contribution is -2.33. The molecule has 0 aliphatic heterocycles. The second-order valence-electron chi connectivity index (χ2n) is 5.66. The minimum atomic E-state index is -0.124. The van der Waals surface area contributed by atoms with E-state index in [0.717, 1.165) is 23.2 Å². The topological polar surface area (TPSA) is 50.8 Å². The van der Waals surface area contributed by atoms with Crippen LogP contribution in [0.3, 0.4) is 0 Å². The Kier molecular flexibility index (Phi) is 6.07. The zero-order valence-corrected chi connectivity index (χ0v) is 14.6. The molecule has 2 aromatic carbocycles.